The van der Waals surface area contributed by atoms with E-state index >= 15 is 0 Å². The minimum absolute atomic E-state index is 0.00745. The van der Waals surface area contributed by atoms with Crippen LogP contribution in [-0.4, -0.2) is 70.8 Å². The molecule has 0 amide bonds. The Bertz CT molecular complexity index is 709. The molecule has 1 aromatic carbocycles. The van der Waals surface area contributed by atoms with Crippen molar-refractivity contribution in [2.24, 2.45) is 0 Å². The van der Waals surface area contributed by atoms with E-state index in [0.29, 0.717) is 37.7 Å². The van der Waals surface area contributed by atoms with Gasteiger partial charge >= 0.3 is 0 Å². The molecule has 0 bridgehead atoms. The third-order valence-electron chi connectivity index (χ3n) is 3.65. The molecule has 0 spiro atoms. The Morgan fingerprint density at radius 3 is 2.05 bits per heavy atom. The third-order valence-corrected chi connectivity index (χ3v) is 6.91. The minimum atomic E-state index is -3.35. The second-order valence-electron chi connectivity index (χ2n) is 5.28. The van der Waals surface area contributed by atoms with Crippen LogP contribution in [0.3, 0.4) is 0 Å². The first-order valence-corrected chi connectivity index (χ1v) is 10.7. The van der Waals surface area contributed by atoms with Crippen LogP contribution >= 0.6 is 11.6 Å². The monoisotopic (exact) mass is 366 g/mol. The molecule has 6 nitrogen and oxygen atoms in total. The van der Waals surface area contributed by atoms with E-state index in [9.17, 15) is 16.8 Å². The van der Waals surface area contributed by atoms with Crippen LogP contribution in [0, 0.1) is 0 Å². The molecule has 1 aromatic rings. The molecular formula is C13H19ClN2O4S2. The van der Waals surface area contributed by atoms with Crippen LogP contribution in [-0.2, 0) is 19.9 Å². The molecular weight excluding hydrogens is 348 g/mol. The van der Waals surface area contributed by atoms with Gasteiger partial charge in [0.15, 0.2) is 9.84 Å². The van der Waals surface area contributed by atoms with Gasteiger partial charge in [-0.1, -0.05) is 11.6 Å². The Morgan fingerprint density at radius 2 is 1.55 bits per heavy atom. The van der Waals surface area contributed by atoms with E-state index in [1.54, 1.807) is 12.1 Å². The number of sulfone groups is 1. The zero-order valence-electron chi connectivity index (χ0n) is 12.3. The average molecular weight is 367 g/mol. The molecule has 124 valence electrons. The Kier molecular flexibility index (Phi) is 5.50. The highest BCUT2D eigenvalue weighted by Gasteiger charge is 2.24. The zero-order valence-corrected chi connectivity index (χ0v) is 14.7. The SMILES string of the molecule is CS(=O)(=O)N1CCN(CCS(=O)(=O)c2ccc(Cl)cc2)CC1. The van der Waals surface area contributed by atoms with Gasteiger partial charge in [-0.2, -0.15) is 4.31 Å². The number of hydrogen-bond acceptors (Lipinski definition) is 5. The number of rotatable bonds is 5. The van der Waals surface area contributed by atoms with Crippen LogP contribution in [0.1, 0.15) is 0 Å². The molecule has 1 aliphatic heterocycles. The molecule has 0 radical (unpaired) electrons. The normalized spacial score (nSPS) is 18.5. The van der Waals surface area contributed by atoms with Gasteiger partial charge < -0.3 is 0 Å². The lowest BCUT2D eigenvalue weighted by molar-refractivity contribution is 0.197. The van der Waals surface area contributed by atoms with Gasteiger partial charge in [0.2, 0.25) is 10.0 Å². The van der Waals surface area contributed by atoms with Gasteiger partial charge in [0.05, 0.1) is 16.9 Å². The summed E-state index contributed by atoms with van der Waals surface area (Å²) in [6, 6.07) is 6.11. The van der Waals surface area contributed by atoms with Gasteiger partial charge in [-0.25, -0.2) is 16.8 Å². The summed E-state index contributed by atoms with van der Waals surface area (Å²) >= 11 is 5.75. The number of benzene rings is 1. The zero-order chi connectivity index (χ0) is 16.4. The Labute approximate surface area is 136 Å². The number of piperazine rings is 1. The summed E-state index contributed by atoms with van der Waals surface area (Å²) in [5, 5.41) is 0.496. The van der Waals surface area contributed by atoms with Gasteiger partial charge in [0.25, 0.3) is 0 Å². The van der Waals surface area contributed by atoms with Gasteiger partial charge in [-0.15, -0.1) is 0 Å². The molecule has 0 aromatic heterocycles. The molecule has 0 aliphatic carbocycles. The molecule has 0 unspecified atom stereocenters. The molecule has 9 heteroatoms. The van der Waals surface area contributed by atoms with Crippen molar-refractivity contribution in [2.75, 3.05) is 44.7 Å². The van der Waals surface area contributed by atoms with E-state index in [2.05, 4.69) is 0 Å². The maximum absolute atomic E-state index is 12.2. The first-order valence-electron chi connectivity index (χ1n) is 6.84. The highest BCUT2D eigenvalue weighted by molar-refractivity contribution is 7.91. The van der Waals surface area contributed by atoms with Gasteiger partial charge in [-0.3, -0.25) is 4.90 Å². The predicted molar refractivity (Wildman–Crippen MR) is 86.4 cm³/mol. The number of halogens is 1. The molecule has 22 heavy (non-hydrogen) atoms. The summed E-state index contributed by atoms with van der Waals surface area (Å²) in [5.41, 5.74) is 0. The summed E-state index contributed by atoms with van der Waals surface area (Å²) in [4.78, 5) is 2.22. The molecule has 1 heterocycles. The number of hydrogen-bond donors (Lipinski definition) is 0. The lowest BCUT2D eigenvalue weighted by atomic mass is 10.4. The van der Waals surface area contributed by atoms with Crippen LogP contribution in [0.15, 0.2) is 29.2 Å². The first kappa shape index (κ1) is 17.7. The molecule has 0 atom stereocenters. The molecule has 1 saturated heterocycles. The van der Waals surface area contributed by atoms with E-state index in [1.807, 2.05) is 4.90 Å². The van der Waals surface area contributed by atoms with E-state index < -0.39 is 19.9 Å². The molecule has 1 aliphatic rings. The maximum Gasteiger partial charge on any atom is 0.211 e. The average Bonchev–Trinajstić information content (AvgIpc) is 2.45. The quantitative estimate of drug-likeness (QED) is 0.766. The topological polar surface area (TPSA) is 74.8 Å². The summed E-state index contributed by atoms with van der Waals surface area (Å²) in [7, 11) is -6.51. The fourth-order valence-corrected chi connectivity index (χ4v) is 4.53. The summed E-state index contributed by atoms with van der Waals surface area (Å²) in [6.07, 6.45) is 1.19. The van der Waals surface area contributed by atoms with Crippen molar-refractivity contribution in [1.29, 1.82) is 0 Å². The fraction of sp³-hybridized carbons (Fsp3) is 0.538. The second-order valence-corrected chi connectivity index (χ2v) is 9.80. The lowest BCUT2D eigenvalue weighted by Gasteiger charge is -2.33. The van der Waals surface area contributed by atoms with Crippen molar-refractivity contribution in [3.8, 4) is 0 Å². The highest BCUT2D eigenvalue weighted by atomic mass is 35.5. The highest BCUT2D eigenvalue weighted by Crippen LogP contribution is 2.16. The van der Waals surface area contributed by atoms with Crippen molar-refractivity contribution in [3.63, 3.8) is 0 Å². The van der Waals surface area contributed by atoms with Crippen LogP contribution < -0.4 is 0 Å². The van der Waals surface area contributed by atoms with Crippen molar-refractivity contribution >= 4 is 31.5 Å². The maximum atomic E-state index is 12.2. The van der Waals surface area contributed by atoms with Gasteiger partial charge in [0, 0.05) is 37.7 Å². The van der Waals surface area contributed by atoms with E-state index in [1.165, 1.54) is 22.7 Å². The van der Waals surface area contributed by atoms with E-state index in [4.69, 9.17) is 11.6 Å². The third kappa shape index (κ3) is 4.66. The summed E-state index contributed by atoms with van der Waals surface area (Å²) in [6.45, 7) is 2.29. The fourth-order valence-electron chi connectivity index (χ4n) is 2.29. The number of sulfonamides is 1. The first-order chi connectivity index (χ1) is 10.2. The summed E-state index contributed by atoms with van der Waals surface area (Å²) < 4.78 is 48.7. The Morgan fingerprint density at radius 1 is 1.00 bits per heavy atom. The largest absolute Gasteiger partial charge is 0.300 e. The lowest BCUT2D eigenvalue weighted by Crippen LogP contribution is -2.49. The number of nitrogens with zero attached hydrogens (tertiary/aromatic N) is 2. The molecule has 0 saturated carbocycles. The van der Waals surface area contributed by atoms with Gasteiger partial charge in [-0.05, 0) is 24.3 Å². The van der Waals surface area contributed by atoms with Crippen molar-refractivity contribution in [1.82, 2.24) is 9.21 Å². The Hall–Kier alpha value is -0.670. The smallest absolute Gasteiger partial charge is 0.211 e. The minimum Gasteiger partial charge on any atom is -0.300 e. The predicted octanol–water partition coefficient (Wildman–Crippen LogP) is 0.691. The van der Waals surface area contributed by atoms with Crippen LogP contribution in [0.4, 0.5) is 0 Å². The van der Waals surface area contributed by atoms with Crippen molar-refractivity contribution in [2.45, 2.75) is 4.90 Å². The second kappa shape index (κ2) is 6.84. The standard InChI is InChI=1S/C13H19ClN2O4S2/c1-21(17,18)16-8-6-15(7-9-16)10-11-22(19,20)13-4-2-12(14)3-5-13/h2-5H,6-11H2,1H3. The van der Waals surface area contributed by atoms with E-state index in [0.717, 1.165) is 0 Å². The van der Waals surface area contributed by atoms with Crippen molar-refractivity contribution in [3.05, 3.63) is 29.3 Å². The molecule has 1 fully saturated rings. The Balaban J connectivity index is 1.90. The van der Waals surface area contributed by atoms with Gasteiger partial charge in [0.1, 0.15) is 0 Å². The molecule has 2 rings (SSSR count). The van der Waals surface area contributed by atoms with Crippen LogP contribution in [0.5, 0.6) is 0 Å². The van der Waals surface area contributed by atoms with E-state index in [-0.39, 0.29) is 10.6 Å². The molecule has 0 N–H and O–H groups in total. The van der Waals surface area contributed by atoms with Crippen LogP contribution in [0.2, 0.25) is 5.02 Å². The summed E-state index contributed by atoms with van der Waals surface area (Å²) in [5.74, 6) is 0.00745. The van der Waals surface area contributed by atoms with Crippen LogP contribution in [0.25, 0.3) is 0 Å². The van der Waals surface area contributed by atoms with Crippen molar-refractivity contribution < 1.29 is 16.8 Å².